The molecule has 0 heterocycles. The third kappa shape index (κ3) is 4.78. The number of hydrogen-bond acceptors (Lipinski definition) is 4. The van der Waals surface area contributed by atoms with Gasteiger partial charge in [-0.25, -0.2) is 0 Å². The van der Waals surface area contributed by atoms with Crippen LogP contribution in [0.3, 0.4) is 0 Å². The zero-order valence-corrected chi connectivity index (χ0v) is 11.5. The van der Waals surface area contributed by atoms with Gasteiger partial charge in [0.2, 0.25) is 0 Å². The number of rotatable bonds is 4. The van der Waals surface area contributed by atoms with Gasteiger partial charge in [0.1, 0.15) is 0 Å². The fraction of sp³-hybridized carbons (Fsp3) is 0.143. The first-order chi connectivity index (χ1) is 9.83. The molecule has 0 bridgehead atoms. The van der Waals surface area contributed by atoms with Crippen LogP contribution in [0, 0.1) is 0 Å². The fourth-order valence-corrected chi connectivity index (χ4v) is 2.20. The van der Waals surface area contributed by atoms with Crippen LogP contribution in [0.1, 0.15) is 5.56 Å². The van der Waals surface area contributed by atoms with E-state index in [9.17, 15) is 23.4 Å². The fourth-order valence-electron chi connectivity index (χ4n) is 1.66. The van der Waals surface area contributed by atoms with Gasteiger partial charge in [0.25, 0.3) is 0 Å². The standard InChI is InChI=1S/C14H12F3NO2S/c15-14(16,17)21-11-4-2-10(3-5-11)18-8-9-1-6-12(19)13(20)7-9/h1-7,18-20H,8H2. The number of anilines is 1. The number of aromatic hydroxyl groups is 2. The van der Waals surface area contributed by atoms with Crippen LogP contribution in [0.4, 0.5) is 18.9 Å². The molecule has 3 nitrogen and oxygen atoms in total. The third-order valence-corrected chi connectivity index (χ3v) is 3.36. The van der Waals surface area contributed by atoms with Crippen LogP contribution >= 0.6 is 11.8 Å². The van der Waals surface area contributed by atoms with Crippen molar-refractivity contribution < 1.29 is 23.4 Å². The van der Waals surface area contributed by atoms with Gasteiger partial charge in [-0.05, 0) is 53.7 Å². The van der Waals surface area contributed by atoms with E-state index in [0.717, 1.165) is 5.56 Å². The lowest BCUT2D eigenvalue weighted by Gasteiger charge is -2.09. The summed E-state index contributed by atoms with van der Waals surface area (Å²) in [5.41, 5.74) is -2.90. The average Bonchev–Trinajstić information content (AvgIpc) is 2.40. The molecule has 7 heteroatoms. The number of alkyl halides is 3. The van der Waals surface area contributed by atoms with Crippen molar-refractivity contribution in [2.24, 2.45) is 0 Å². The highest BCUT2D eigenvalue weighted by Crippen LogP contribution is 2.37. The lowest BCUT2D eigenvalue weighted by molar-refractivity contribution is -0.0328. The topological polar surface area (TPSA) is 52.5 Å². The van der Waals surface area contributed by atoms with Gasteiger partial charge in [0, 0.05) is 17.1 Å². The van der Waals surface area contributed by atoms with Crippen LogP contribution in [0.15, 0.2) is 47.4 Å². The minimum atomic E-state index is -4.29. The summed E-state index contributed by atoms with van der Waals surface area (Å²) >= 11 is -0.161. The van der Waals surface area contributed by atoms with E-state index in [4.69, 9.17) is 0 Å². The van der Waals surface area contributed by atoms with E-state index < -0.39 is 5.51 Å². The second kappa shape index (κ2) is 6.17. The van der Waals surface area contributed by atoms with Crippen molar-refractivity contribution in [3.05, 3.63) is 48.0 Å². The normalized spacial score (nSPS) is 11.4. The molecular weight excluding hydrogens is 303 g/mol. The maximum atomic E-state index is 12.2. The van der Waals surface area contributed by atoms with Gasteiger partial charge in [-0.2, -0.15) is 13.2 Å². The molecule has 2 rings (SSSR count). The number of phenolic OH excluding ortho intramolecular Hbond substituents is 2. The van der Waals surface area contributed by atoms with Crippen molar-refractivity contribution in [3.63, 3.8) is 0 Å². The maximum Gasteiger partial charge on any atom is 0.446 e. The van der Waals surface area contributed by atoms with Crippen LogP contribution in [-0.4, -0.2) is 15.7 Å². The van der Waals surface area contributed by atoms with E-state index in [1.165, 1.54) is 24.3 Å². The Bertz CT molecular complexity index is 615. The van der Waals surface area contributed by atoms with Crippen LogP contribution in [-0.2, 0) is 6.54 Å². The molecule has 2 aromatic rings. The van der Waals surface area contributed by atoms with Crippen LogP contribution in [0.25, 0.3) is 0 Å². The summed E-state index contributed by atoms with van der Waals surface area (Å²) in [4.78, 5) is 0.121. The molecule has 0 aliphatic heterocycles. The molecule has 0 saturated heterocycles. The van der Waals surface area contributed by atoms with E-state index in [0.29, 0.717) is 12.2 Å². The van der Waals surface area contributed by atoms with E-state index >= 15 is 0 Å². The smallest absolute Gasteiger partial charge is 0.446 e. The van der Waals surface area contributed by atoms with Crippen molar-refractivity contribution in [2.45, 2.75) is 16.9 Å². The number of halogens is 3. The summed E-state index contributed by atoms with van der Waals surface area (Å²) < 4.78 is 36.6. The number of nitrogens with one attached hydrogen (secondary N) is 1. The Balaban J connectivity index is 1.96. The molecule has 21 heavy (non-hydrogen) atoms. The SMILES string of the molecule is Oc1ccc(CNc2ccc(SC(F)(F)F)cc2)cc1O. The summed E-state index contributed by atoms with van der Waals surface area (Å²) in [5, 5.41) is 21.6. The van der Waals surface area contributed by atoms with Gasteiger partial charge in [-0.3, -0.25) is 0 Å². The average molecular weight is 315 g/mol. The predicted molar refractivity (Wildman–Crippen MR) is 75.5 cm³/mol. The first kappa shape index (κ1) is 15.4. The van der Waals surface area contributed by atoms with Gasteiger partial charge >= 0.3 is 5.51 Å². The lowest BCUT2D eigenvalue weighted by atomic mass is 10.2. The van der Waals surface area contributed by atoms with Crippen molar-refractivity contribution in [2.75, 3.05) is 5.32 Å². The Kier molecular flexibility index (Phi) is 4.52. The number of phenols is 2. The Morgan fingerprint density at radius 2 is 1.62 bits per heavy atom. The molecule has 2 aromatic carbocycles. The van der Waals surface area contributed by atoms with Gasteiger partial charge in [0.15, 0.2) is 11.5 Å². The molecule has 0 saturated carbocycles. The van der Waals surface area contributed by atoms with Gasteiger partial charge in [-0.1, -0.05) is 6.07 Å². The number of benzene rings is 2. The van der Waals surface area contributed by atoms with E-state index in [1.54, 1.807) is 18.2 Å². The highest BCUT2D eigenvalue weighted by atomic mass is 32.2. The summed E-state index contributed by atoms with van der Waals surface area (Å²) in [7, 11) is 0. The minimum absolute atomic E-state index is 0.121. The molecule has 0 amide bonds. The van der Waals surface area contributed by atoms with Crippen LogP contribution < -0.4 is 5.32 Å². The molecule has 0 radical (unpaired) electrons. The molecular formula is C14H12F3NO2S. The minimum Gasteiger partial charge on any atom is -0.504 e. The summed E-state index contributed by atoms with van der Waals surface area (Å²) in [6.07, 6.45) is 0. The first-order valence-corrected chi connectivity index (χ1v) is 6.76. The molecule has 112 valence electrons. The van der Waals surface area contributed by atoms with Crippen molar-refractivity contribution in [3.8, 4) is 11.5 Å². The predicted octanol–water partition coefficient (Wildman–Crippen LogP) is 4.32. The number of hydrogen-bond donors (Lipinski definition) is 3. The summed E-state index contributed by atoms with van der Waals surface area (Å²) in [6.45, 7) is 0.375. The Morgan fingerprint density at radius 1 is 0.952 bits per heavy atom. The summed E-state index contributed by atoms with van der Waals surface area (Å²) in [6, 6.07) is 10.3. The maximum absolute atomic E-state index is 12.2. The molecule has 0 unspecified atom stereocenters. The Morgan fingerprint density at radius 3 is 2.19 bits per heavy atom. The lowest BCUT2D eigenvalue weighted by Crippen LogP contribution is -2.00. The van der Waals surface area contributed by atoms with Gasteiger partial charge in [0.05, 0.1) is 0 Å². The van der Waals surface area contributed by atoms with Gasteiger partial charge < -0.3 is 15.5 Å². The zero-order chi connectivity index (χ0) is 15.5. The van der Waals surface area contributed by atoms with E-state index in [2.05, 4.69) is 5.32 Å². The first-order valence-electron chi connectivity index (χ1n) is 5.94. The third-order valence-electron chi connectivity index (χ3n) is 2.62. The second-order valence-corrected chi connectivity index (χ2v) is 5.39. The van der Waals surface area contributed by atoms with Crippen molar-refractivity contribution >= 4 is 17.4 Å². The molecule has 0 atom stereocenters. The molecule has 0 fully saturated rings. The van der Waals surface area contributed by atoms with E-state index in [1.807, 2.05) is 0 Å². The van der Waals surface area contributed by atoms with E-state index in [-0.39, 0.29) is 28.2 Å². The highest BCUT2D eigenvalue weighted by Gasteiger charge is 2.28. The Hall–Kier alpha value is -2.02. The van der Waals surface area contributed by atoms with Gasteiger partial charge in [-0.15, -0.1) is 0 Å². The largest absolute Gasteiger partial charge is 0.504 e. The second-order valence-electron chi connectivity index (χ2n) is 4.25. The number of thioether (sulfide) groups is 1. The molecule has 0 aliphatic rings. The summed E-state index contributed by atoms with van der Waals surface area (Å²) in [5.74, 6) is -0.418. The zero-order valence-electron chi connectivity index (χ0n) is 10.7. The van der Waals surface area contributed by atoms with Crippen molar-refractivity contribution in [1.29, 1.82) is 0 Å². The van der Waals surface area contributed by atoms with Crippen LogP contribution in [0.2, 0.25) is 0 Å². The molecule has 3 N–H and O–H groups in total. The van der Waals surface area contributed by atoms with Crippen molar-refractivity contribution in [1.82, 2.24) is 0 Å². The quantitative estimate of drug-likeness (QED) is 0.581. The Labute approximate surface area is 123 Å². The highest BCUT2D eigenvalue weighted by molar-refractivity contribution is 8.00. The van der Waals surface area contributed by atoms with Crippen LogP contribution in [0.5, 0.6) is 11.5 Å². The monoisotopic (exact) mass is 315 g/mol. The molecule has 0 spiro atoms. The molecule has 0 aromatic heterocycles. The molecule has 0 aliphatic carbocycles.